The smallest absolute Gasteiger partial charge is 0.200 e. The number of ether oxygens (including phenoxy) is 1. The van der Waals surface area contributed by atoms with Crippen molar-refractivity contribution in [2.45, 2.75) is 58.5 Å². The second-order valence-corrected chi connectivity index (χ2v) is 7.52. The lowest BCUT2D eigenvalue weighted by Crippen LogP contribution is -2.10. The lowest BCUT2D eigenvalue weighted by molar-refractivity contribution is 0.228. The monoisotopic (exact) mass is 344 g/mol. The highest BCUT2D eigenvalue weighted by molar-refractivity contribution is 5.66. The molecule has 0 heterocycles. The van der Waals surface area contributed by atoms with E-state index in [1.807, 2.05) is 12.1 Å². The third-order valence-electron chi connectivity index (χ3n) is 5.09. The maximum Gasteiger partial charge on any atom is 0.200 e. The Morgan fingerprint density at radius 2 is 1.56 bits per heavy atom. The number of benzene rings is 2. The van der Waals surface area contributed by atoms with E-state index in [4.69, 9.17) is 4.74 Å². The molecule has 0 aromatic heterocycles. The van der Waals surface area contributed by atoms with Crippen LogP contribution in [0, 0.1) is 17.6 Å². The molecule has 0 spiro atoms. The van der Waals surface area contributed by atoms with E-state index in [2.05, 4.69) is 19.1 Å². The van der Waals surface area contributed by atoms with Crippen molar-refractivity contribution in [2.24, 2.45) is 5.92 Å². The number of hydrogen-bond acceptors (Lipinski definition) is 1. The predicted molar refractivity (Wildman–Crippen MR) is 97.9 cm³/mol. The minimum atomic E-state index is -0.926. The number of halogens is 2. The molecule has 0 aliphatic heterocycles. The van der Waals surface area contributed by atoms with Crippen LogP contribution < -0.4 is 4.74 Å². The van der Waals surface area contributed by atoms with Crippen molar-refractivity contribution in [3.63, 3.8) is 0 Å². The summed E-state index contributed by atoms with van der Waals surface area (Å²) in [6, 6.07) is 11.1. The van der Waals surface area contributed by atoms with Crippen LogP contribution in [0.2, 0.25) is 0 Å². The second-order valence-electron chi connectivity index (χ2n) is 7.52. The van der Waals surface area contributed by atoms with E-state index in [-0.39, 0.29) is 11.9 Å². The molecule has 2 aromatic carbocycles. The van der Waals surface area contributed by atoms with Gasteiger partial charge in [-0.2, -0.15) is 4.39 Å². The van der Waals surface area contributed by atoms with Crippen LogP contribution in [-0.4, -0.2) is 6.10 Å². The minimum absolute atomic E-state index is 0.0321. The Hall–Kier alpha value is -1.90. The summed E-state index contributed by atoms with van der Waals surface area (Å²) in [7, 11) is 0. The molecule has 25 heavy (non-hydrogen) atoms. The van der Waals surface area contributed by atoms with Crippen molar-refractivity contribution in [3.8, 4) is 16.9 Å². The van der Waals surface area contributed by atoms with Crippen molar-refractivity contribution < 1.29 is 13.5 Å². The van der Waals surface area contributed by atoms with E-state index in [1.165, 1.54) is 37.3 Å². The van der Waals surface area contributed by atoms with Crippen molar-refractivity contribution in [3.05, 3.63) is 53.6 Å². The summed E-state index contributed by atoms with van der Waals surface area (Å²) in [5, 5.41) is 0. The van der Waals surface area contributed by atoms with Crippen LogP contribution in [-0.2, 0) is 0 Å². The Morgan fingerprint density at radius 1 is 0.920 bits per heavy atom. The third-order valence-corrected chi connectivity index (χ3v) is 5.09. The van der Waals surface area contributed by atoms with Gasteiger partial charge in [-0.1, -0.05) is 44.0 Å². The lowest BCUT2D eigenvalue weighted by Gasteiger charge is -2.26. The van der Waals surface area contributed by atoms with Crippen molar-refractivity contribution >= 4 is 0 Å². The van der Waals surface area contributed by atoms with Gasteiger partial charge in [-0.15, -0.1) is 0 Å². The van der Waals surface area contributed by atoms with Gasteiger partial charge in [0.25, 0.3) is 0 Å². The topological polar surface area (TPSA) is 9.23 Å². The molecule has 1 fully saturated rings. The van der Waals surface area contributed by atoms with E-state index in [1.54, 1.807) is 19.9 Å². The fourth-order valence-corrected chi connectivity index (χ4v) is 3.61. The summed E-state index contributed by atoms with van der Waals surface area (Å²) in [6.07, 6.45) is 4.83. The van der Waals surface area contributed by atoms with Gasteiger partial charge in [0.05, 0.1) is 6.10 Å². The predicted octanol–water partition coefficient (Wildman–Crippen LogP) is 6.71. The van der Waals surface area contributed by atoms with E-state index < -0.39 is 11.6 Å². The van der Waals surface area contributed by atoms with Crippen molar-refractivity contribution in [2.75, 3.05) is 0 Å². The zero-order chi connectivity index (χ0) is 18.0. The molecule has 134 valence electrons. The van der Waals surface area contributed by atoms with Gasteiger partial charge in [0.15, 0.2) is 11.6 Å². The molecule has 3 rings (SSSR count). The van der Waals surface area contributed by atoms with E-state index in [0.29, 0.717) is 11.5 Å². The molecule has 1 saturated carbocycles. The molecule has 0 N–H and O–H groups in total. The lowest BCUT2D eigenvalue weighted by atomic mass is 9.79. The Morgan fingerprint density at radius 3 is 2.16 bits per heavy atom. The van der Waals surface area contributed by atoms with Gasteiger partial charge in [-0.25, -0.2) is 4.39 Å². The average molecular weight is 344 g/mol. The van der Waals surface area contributed by atoms with E-state index in [9.17, 15) is 8.78 Å². The molecule has 0 atom stereocenters. The van der Waals surface area contributed by atoms with Gasteiger partial charge in [-0.3, -0.25) is 0 Å². The number of hydrogen-bond donors (Lipinski definition) is 0. The van der Waals surface area contributed by atoms with E-state index in [0.717, 1.165) is 11.5 Å². The molecule has 0 bridgehead atoms. The first kappa shape index (κ1) is 17.9. The minimum Gasteiger partial charge on any atom is -0.488 e. The molecule has 2 aromatic rings. The van der Waals surface area contributed by atoms with Gasteiger partial charge in [0.2, 0.25) is 5.82 Å². The zero-order valence-electron chi connectivity index (χ0n) is 15.2. The summed E-state index contributed by atoms with van der Waals surface area (Å²) in [5.41, 5.74) is 2.86. The number of rotatable bonds is 4. The summed E-state index contributed by atoms with van der Waals surface area (Å²) in [6.45, 7) is 5.91. The summed E-state index contributed by atoms with van der Waals surface area (Å²) in [4.78, 5) is 0. The van der Waals surface area contributed by atoms with Crippen LogP contribution in [0.4, 0.5) is 8.78 Å². The maximum atomic E-state index is 13.9. The van der Waals surface area contributed by atoms with Crippen LogP contribution in [0.15, 0.2) is 36.4 Å². The maximum absolute atomic E-state index is 13.9. The fraction of sp³-hybridized carbons (Fsp3) is 0.455. The van der Waals surface area contributed by atoms with Gasteiger partial charge < -0.3 is 4.74 Å². The molecule has 1 nitrogen and oxygen atoms in total. The second kappa shape index (κ2) is 7.55. The summed E-state index contributed by atoms with van der Waals surface area (Å²) in [5.74, 6) is -0.383. The fourth-order valence-electron chi connectivity index (χ4n) is 3.61. The molecule has 1 aliphatic carbocycles. The van der Waals surface area contributed by atoms with Crippen LogP contribution >= 0.6 is 0 Å². The summed E-state index contributed by atoms with van der Waals surface area (Å²) < 4.78 is 33.2. The molecule has 0 amide bonds. The van der Waals surface area contributed by atoms with Crippen LogP contribution in [0.1, 0.15) is 57.9 Å². The first-order valence-corrected chi connectivity index (χ1v) is 9.20. The van der Waals surface area contributed by atoms with Gasteiger partial charge >= 0.3 is 0 Å². The molecule has 0 saturated heterocycles. The first-order valence-electron chi connectivity index (χ1n) is 9.20. The quantitative estimate of drug-likeness (QED) is 0.599. The Labute approximate surface area is 149 Å². The van der Waals surface area contributed by atoms with Gasteiger partial charge in [0.1, 0.15) is 0 Å². The van der Waals surface area contributed by atoms with Crippen molar-refractivity contribution in [1.82, 2.24) is 0 Å². The van der Waals surface area contributed by atoms with Gasteiger partial charge in [0, 0.05) is 0 Å². The van der Waals surface area contributed by atoms with Gasteiger partial charge in [-0.05, 0) is 67.3 Å². The highest BCUT2D eigenvalue weighted by Crippen LogP contribution is 2.36. The average Bonchev–Trinajstić information content (AvgIpc) is 2.59. The standard InChI is InChI=1S/C22H26F2O/c1-14(2)25-21-13-19(12-20(23)22(21)24)18-10-8-17(9-11-18)16-6-4-15(3)5-7-16/h8-16H,4-7H2,1-3H3. The Balaban J connectivity index is 1.83. The molecular formula is C22H26F2O. The Kier molecular flexibility index (Phi) is 5.41. The normalized spacial score (nSPS) is 20.7. The van der Waals surface area contributed by atoms with Crippen molar-refractivity contribution in [1.29, 1.82) is 0 Å². The molecule has 0 unspecified atom stereocenters. The molecule has 1 aliphatic rings. The van der Waals surface area contributed by atoms with Crippen LogP contribution in [0.5, 0.6) is 5.75 Å². The Bertz CT molecular complexity index is 714. The summed E-state index contributed by atoms with van der Waals surface area (Å²) >= 11 is 0. The van der Waals surface area contributed by atoms with Crippen LogP contribution in [0.25, 0.3) is 11.1 Å². The SMILES string of the molecule is CC1CCC(c2ccc(-c3cc(F)c(F)c(OC(C)C)c3)cc2)CC1. The highest BCUT2D eigenvalue weighted by atomic mass is 19.2. The molecule has 0 radical (unpaired) electrons. The van der Waals surface area contributed by atoms with E-state index >= 15 is 0 Å². The highest BCUT2D eigenvalue weighted by Gasteiger charge is 2.20. The van der Waals surface area contributed by atoms with Crippen LogP contribution in [0.3, 0.4) is 0 Å². The zero-order valence-corrected chi connectivity index (χ0v) is 15.2. The largest absolute Gasteiger partial charge is 0.488 e. The molecular weight excluding hydrogens is 318 g/mol. The third kappa shape index (κ3) is 4.20. The molecule has 3 heteroatoms. The first-order chi connectivity index (χ1) is 11.9.